The van der Waals surface area contributed by atoms with Crippen LogP contribution in [0.1, 0.15) is 32.6 Å². The third-order valence-corrected chi connectivity index (χ3v) is 5.00. The van der Waals surface area contributed by atoms with Gasteiger partial charge in [0, 0.05) is 5.69 Å². The second kappa shape index (κ2) is 10.1. The highest BCUT2D eigenvalue weighted by Crippen LogP contribution is 2.24. The van der Waals surface area contributed by atoms with Gasteiger partial charge in [-0.25, -0.2) is 4.79 Å². The summed E-state index contributed by atoms with van der Waals surface area (Å²) >= 11 is 0. The van der Waals surface area contributed by atoms with E-state index in [9.17, 15) is 20.0 Å². The van der Waals surface area contributed by atoms with Crippen molar-refractivity contribution < 1.29 is 19.4 Å². The molecule has 3 rings (SSSR count). The molecule has 160 valence electrons. The van der Waals surface area contributed by atoms with Crippen molar-refractivity contribution in [3.63, 3.8) is 0 Å². The molecule has 0 heterocycles. The van der Waals surface area contributed by atoms with Crippen molar-refractivity contribution in [1.82, 2.24) is 0 Å². The number of aromatic carboxylic acids is 1. The summed E-state index contributed by atoms with van der Waals surface area (Å²) in [5.41, 5.74) is 3.66. The summed E-state index contributed by atoms with van der Waals surface area (Å²) in [4.78, 5) is 24.4. The largest absolute Gasteiger partial charge is 0.488 e. The predicted molar refractivity (Wildman–Crippen MR) is 122 cm³/mol. The lowest BCUT2D eigenvalue weighted by atomic mass is 10.1. The van der Waals surface area contributed by atoms with Crippen LogP contribution in [0.25, 0.3) is 6.08 Å². The molecule has 32 heavy (non-hydrogen) atoms. The molecule has 2 N–H and O–H groups in total. The fourth-order valence-corrected chi connectivity index (χ4v) is 3.06. The van der Waals surface area contributed by atoms with Crippen LogP contribution >= 0.6 is 0 Å². The Morgan fingerprint density at radius 3 is 2.50 bits per heavy atom. The summed E-state index contributed by atoms with van der Waals surface area (Å²) in [5, 5.41) is 21.8. The SMILES string of the molecule is Cc1cccc(NC(=O)/C(C#N)=C\c2ccc(OCc3ccccc3)c(C(=O)O)c2)c1C. The molecular weight excluding hydrogens is 404 g/mol. The fraction of sp³-hybridized carbons (Fsp3) is 0.115. The number of anilines is 1. The van der Waals surface area contributed by atoms with Crippen molar-refractivity contribution in [2.75, 3.05) is 5.32 Å². The maximum Gasteiger partial charge on any atom is 0.339 e. The Balaban J connectivity index is 1.83. The van der Waals surface area contributed by atoms with Crippen LogP contribution in [0.3, 0.4) is 0 Å². The first-order valence-corrected chi connectivity index (χ1v) is 9.92. The van der Waals surface area contributed by atoms with Crippen molar-refractivity contribution in [3.8, 4) is 11.8 Å². The van der Waals surface area contributed by atoms with E-state index in [4.69, 9.17) is 4.74 Å². The third kappa shape index (κ3) is 5.41. The van der Waals surface area contributed by atoms with E-state index >= 15 is 0 Å². The van der Waals surface area contributed by atoms with Crippen molar-refractivity contribution in [3.05, 3.63) is 100 Å². The van der Waals surface area contributed by atoms with Crippen molar-refractivity contribution in [2.24, 2.45) is 0 Å². The van der Waals surface area contributed by atoms with Gasteiger partial charge in [-0.3, -0.25) is 4.79 Å². The zero-order valence-corrected chi connectivity index (χ0v) is 17.8. The Kier molecular flexibility index (Phi) is 7.04. The lowest BCUT2D eigenvalue weighted by Gasteiger charge is -2.11. The highest BCUT2D eigenvalue weighted by molar-refractivity contribution is 6.10. The van der Waals surface area contributed by atoms with E-state index in [0.717, 1.165) is 16.7 Å². The van der Waals surface area contributed by atoms with E-state index in [2.05, 4.69) is 5.32 Å². The molecule has 1 amide bonds. The van der Waals surface area contributed by atoms with Crippen molar-refractivity contribution >= 4 is 23.6 Å². The molecule has 0 unspecified atom stereocenters. The minimum absolute atomic E-state index is 0.0538. The normalized spacial score (nSPS) is 10.8. The number of carbonyl (C=O) groups excluding carboxylic acids is 1. The third-order valence-electron chi connectivity index (χ3n) is 5.00. The summed E-state index contributed by atoms with van der Waals surface area (Å²) in [6.07, 6.45) is 1.36. The molecule has 0 saturated carbocycles. The number of amides is 1. The molecule has 3 aromatic rings. The fourth-order valence-electron chi connectivity index (χ4n) is 3.06. The Hall–Kier alpha value is -4.37. The maximum absolute atomic E-state index is 12.6. The van der Waals surface area contributed by atoms with Crippen LogP contribution in [0, 0.1) is 25.2 Å². The highest BCUT2D eigenvalue weighted by Gasteiger charge is 2.15. The Labute approximate surface area is 186 Å². The molecule has 0 aromatic heterocycles. The van der Waals surface area contributed by atoms with E-state index in [0.29, 0.717) is 11.3 Å². The minimum Gasteiger partial charge on any atom is -0.488 e. The number of carboxylic acids is 1. The van der Waals surface area contributed by atoms with E-state index in [1.165, 1.54) is 18.2 Å². The Bertz CT molecular complexity index is 1220. The first kappa shape index (κ1) is 22.3. The smallest absolute Gasteiger partial charge is 0.339 e. The highest BCUT2D eigenvalue weighted by atomic mass is 16.5. The van der Waals surface area contributed by atoms with Gasteiger partial charge in [0.2, 0.25) is 0 Å². The van der Waals surface area contributed by atoms with Crippen molar-refractivity contribution in [1.29, 1.82) is 5.26 Å². The Morgan fingerprint density at radius 1 is 1.06 bits per heavy atom. The average molecular weight is 426 g/mol. The van der Waals surface area contributed by atoms with Gasteiger partial charge >= 0.3 is 5.97 Å². The lowest BCUT2D eigenvalue weighted by molar-refractivity contribution is -0.112. The first-order chi connectivity index (χ1) is 15.4. The number of hydrogen-bond acceptors (Lipinski definition) is 4. The van der Waals surface area contributed by atoms with Gasteiger partial charge in [0.1, 0.15) is 29.6 Å². The van der Waals surface area contributed by atoms with Gasteiger partial charge in [-0.1, -0.05) is 48.5 Å². The summed E-state index contributed by atoms with van der Waals surface area (Å²) in [6, 6.07) is 21.3. The number of carboxylic acid groups (broad SMARTS) is 1. The van der Waals surface area contributed by atoms with Crippen LogP contribution in [0.4, 0.5) is 5.69 Å². The van der Waals surface area contributed by atoms with Gasteiger partial charge in [0.25, 0.3) is 5.91 Å². The standard InChI is InChI=1S/C26H22N2O4/c1-17-7-6-10-23(18(17)2)28-25(29)21(15-27)13-20-11-12-24(22(14-20)26(30)31)32-16-19-8-4-3-5-9-19/h3-14H,16H2,1-2H3,(H,28,29)(H,30,31)/b21-13-. The molecule has 6 heteroatoms. The second-order valence-corrected chi connectivity index (χ2v) is 7.21. The molecule has 0 aliphatic rings. The van der Waals surface area contributed by atoms with Gasteiger partial charge in [0.15, 0.2) is 0 Å². The number of benzene rings is 3. The molecule has 0 saturated heterocycles. The minimum atomic E-state index is -1.17. The summed E-state index contributed by atoms with van der Waals surface area (Å²) < 4.78 is 5.68. The molecule has 0 aliphatic heterocycles. The Morgan fingerprint density at radius 2 is 1.81 bits per heavy atom. The van der Waals surface area contributed by atoms with E-state index in [-0.39, 0.29) is 23.5 Å². The average Bonchev–Trinajstić information content (AvgIpc) is 2.80. The number of nitriles is 1. The second-order valence-electron chi connectivity index (χ2n) is 7.21. The predicted octanol–water partition coefficient (Wildman–Crippen LogP) is 5.13. The number of rotatable bonds is 7. The molecule has 0 bridgehead atoms. The monoisotopic (exact) mass is 426 g/mol. The molecule has 0 radical (unpaired) electrons. The molecular formula is C26H22N2O4. The van der Waals surface area contributed by atoms with Crippen LogP contribution in [0.15, 0.2) is 72.3 Å². The van der Waals surface area contributed by atoms with Gasteiger partial charge < -0.3 is 15.2 Å². The topological polar surface area (TPSA) is 99.4 Å². The van der Waals surface area contributed by atoms with E-state index in [1.54, 1.807) is 12.1 Å². The number of ether oxygens (including phenoxy) is 1. The van der Waals surface area contributed by atoms with Gasteiger partial charge in [-0.2, -0.15) is 5.26 Å². The molecule has 0 aliphatic carbocycles. The maximum atomic E-state index is 12.6. The molecule has 6 nitrogen and oxygen atoms in total. The number of hydrogen-bond donors (Lipinski definition) is 2. The van der Waals surface area contributed by atoms with E-state index < -0.39 is 11.9 Å². The molecule has 0 spiro atoms. The van der Waals surface area contributed by atoms with Gasteiger partial charge in [0.05, 0.1) is 0 Å². The first-order valence-electron chi connectivity index (χ1n) is 9.92. The quantitative estimate of drug-likeness (QED) is 0.403. The summed E-state index contributed by atoms with van der Waals surface area (Å²) in [6.45, 7) is 4.03. The van der Waals surface area contributed by atoms with Crippen LogP contribution in [-0.2, 0) is 11.4 Å². The van der Waals surface area contributed by atoms with Gasteiger partial charge in [-0.15, -0.1) is 0 Å². The van der Waals surface area contributed by atoms with Crippen LogP contribution in [-0.4, -0.2) is 17.0 Å². The van der Waals surface area contributed by atoms with Crippen LogP contribution in [0.5, 0.6) is 5.75 Å². The summed E-state index contributed by atoms with van der Waals surface area (Å²) in [7, 11) is 0. The van der Waals surface area contributed by atoms with Crippen LogP contribution < -0.4 is 10.1 Å². The number of aryl methyl sites for hydroxylation is 1. The number of nitrogens with zero attached hydrogens (tertiary/aromatic N) is 1. The zero-order valence-electron chi connectivity index (χ0n) is 17.8. The van der Waals surface area contributed by atoms with E-state index in [1.807, 2.05) is 62.4 Å². The summed E-state index contributed by atoms with van der Waals surface area (Å²) in [5.74, 6) is -1.53. The molecule has 3 aromatic carbocycles. The van der Waals surface area contributed by atoms with Gasteiger partial charge in [-0.05, 0) is 60.4 Å². The number of nitrogens with one attached hydrogen (secondary N) is 1. The number of carbonyl (C=O) groups is 2. The van der Waals surface area contributed by atoms with Crippen LogP contribution in [0.2, 0.25) is 0 Å². The molecule has 0 fully saturated rings. The zero-order chi connectivity index (χ0) is 23.1. The molecule has 0 atom stereocenters. The van der Waals surface area contributed by atoms with Crippen molar-refractivity contribution in [2.45, 2.75) is 20.5 Å². The lowest BCUT2D eigenvalue weighted by Crippen LogP contribution is -2.14.